The number of piperidine rings is 1. The van der Waals surface area contributed by atoms with Crippen molar-refractivity contribution >= 4 is 35.2 Å². The number of carbonyl (C=O) groups excluding carboxylic acids is 4. The molecule has 0 aromatic rings. The number of amides is 1. The fourth-order valence-corrected chi connectivity index (χ4v) is 10.5. The molecule has 15 nitrogen and oxygen atoms in total. The summed E-state index contributed by atoms with van der Waals surface area (Å²) < 4.78 is 35.9. The Bertz CT molecular complexity index is 1550. The van der Waals surface area contributed by atoms with Crippen molar-refractivity contribution in [1.29, 1.82) is 0 Å². The monoisotopic (exact) mass is 897 g/mol. The molecule has 0 aromatic heterocycles. The Hall–Kier alpha value is -2.25. The van der Waals surface area contributed by atoms with E-state index in [1.54, 1.807) is 39.8 Å². The van der Waals surface area contributed by atoms with Crippen molar-refractivity contribution in [2.24, 2.45) is 29.4 Å². The van der Waals surface area contributed by atoms with E-state index in [9.17, 15) is 34.5 Å². The molecule has 4 aliphatic rings. The molecule has 0 spiro atoms. The summed E-state index contributed by atoms with van der Waals surface area (Å²) in [6.45, 7) is 7.75. The molecule has 1 saturated carbocycles. The first-order chi connectivity index (χ1) is 29.5. The van der Waals surface area contributed by atoms with Crippen LogP contribution in [0.15, 0.2) is 23.3 Å². The normalized spacial score (nSPS) is 38.7. The van der Waals surface area contributed by atoms with Crippen LogP contribution < -0.4 is 5.73 Å². The van der Waals surface area contributed by atoms with Gasteiger partial charge in [-0.05, 0) is 95.3 Å². The Kier molecular flexibility index (Phi) is 21.0. The van der Waals surface area contributed by atoms with E-state index in [2.05, 4.69) is 0 Å². The number of hydrogen-bond acceptors (Lipinski definition) is 15. The van der Waals surface area contributed by atoms with Crippen LogP contribution in [0.4, 0.5) is 0 Å². The highest BCUT2D eigenvalue weighted by Gasteiger charge is 2.56. The molecule has 3 fully saturated rings. The molecular weight excluding hydrogens is 821 g/mol. The zero-order chi connectivity index (χ0) is 45.7. The van der Waals surface area contributed by atoms with Gasteiger partial charge >= 0.3 is 5.97 Å². The minimum atomic E-state index is -2.55. The summed E-state index contributed by atoms with van der Waals surface area (Å²) in [5.41, 5.74) is 7.26. The standard InChI is InChI=1S/C46H76N2O13S/c1-27-20-32(12-11-18-62-19-16-47)37(51)26-36(50)30(4)41(28(2)22-31-14-15-35(49)38(24-31)57-6)60-45(54)34-13-9-10-17-48(34)44(53)43(52)46(55)29(3)23-39(58-7)42(61-46)40(59-8)25-33(21-27)56-5/h20,22,29-36,38-42,49-50,55H,9-19,21,23-26,47H2,1-8H3/b27-20+,28-22+/t29-,30-,31+,32-,33+,34+,35-,36+,38-,39+,40+,41-,42+,46-/m1/s1. The van der Waals surface area contributed by atoms with Crippen LogP contribution in [-0.4, -0.2) is 157 Å². The van der Waals surface area contributed by atoms with E-state index >= 15 is 0 Å². The van der Waals surface area contributed by atoms with E-state index in [1.807, 2.05) is 26.0 Å². The number of esters is 1. The second-order valence-electron chi connectivity index (χ2n) is 18.0. The van der Waals surface area contributed by atoms with Gasteiger partial charge in [0.25, 0.3) is 11.7 Å². The zero-order valence-corrected chi connectivity index (χ0v) is 39.1. The van der Waals surface area contributed by atoms with Gasteiger partial charge in [-0.25, -0.2) is 4.79 Å². The van der Waals surface area contributed by atoms with E-state index in [1.165, 1.54) is 19.1 Å². The number of rotatable bonds is 12. The number of aliphatic hydroxyl groups is 3. The van der Waals surface area contributed by atoms with Crippen LogP contribution in [0.3, 0.4) is 0 Å². The molecule has 5 N–H and O–H groups in total. The maximum atomic E-state index is 14.4. The lowest BCUT2D eigenvalue weighted by atomic mass is 9.81. The summed E-state index contributed by atoms with van der Waals surface area (Å²) in [4.78, 5) is 58.5. The molecule has 2 bridgehead atoms. The van der Waals surface area contributed by atoms with Crippen LogP contribution in [0.1, 0.15) is 105 Å². The minimum Gasteiger partial charge on any atom is -0.456 e. The summed E-state index contributed by atoms with van der Waals surface area (Å²) in [6.07, 6.45) is 3.03. The number of fused-ring (bicyclic) bond motifs is 3. The average molecular weight is 897 g/mol. The molecule has 0 aromatic carbocycles. The molecule has 1 aliphatic carbocycles. The van der Waals surface area contributed by atoms with Crippen molar-refractivity contribution in [3.05, 3.63) is 23.3 Å². The van der Waals surface area contributed by atoms with Crippen molar-refractivity contribution in [3.8, 4) is 0 Å². The first kappa shape index (κ1) is 52.4. The van der Waals surface area contributed by atoms with E-state index in [-0.39, 0.29) is 50.0 Å². The maximum Gasteiger partial charge on any atom is 0.329 e. The number of cyclic esters (lactones) is 1. The smallest absolute Gasteiger partial charge is 0.329 e. The van der Waals surface area contributed by atoms with Gasteiger partial charge in [0.05, 0.1) is 36.6 Å². The van der Waals surface area contributed by atoms with Crippen LogP contribution in [-0.2, 0) is 47.6 Å². The predicted molar refractivity (Wildman–Crippen MR) is 235 cm³/mol. The molecule has 1 amide bonds. The Morgan fingerprint density at radius 1 is 0.919 bits per heavy atom. The third kappa shape index (κ3) is 13.4. The van der Waals surface area contributed by atoms with Crippen LogP contribution in [0.2, 0.25) is 0 Å². The first-order valence-electron chi connectivity index (χ1n) is 22.6. The van der Waals surface area contributed by atoms with Gasteiger partial charge < -0.3 is 54.4 Å². The fraction of sp³-hybridized carbons (Fsp3) is 0.826. The number of aliphatic hydroxyl groups excluding tert-OH is 2. The minimum absolute atomic E-state index is 0.0217. The number of nitrogens with two attached hydrogens (primary N) is 1. The summed E-state index contributed by atoms with van der Waals surface area (Å²) in [5, 5.41) is 34.5. The van der Waals surface area contributed by atoms with Crippen LogP contribution in [0, 0.1) is 23.7 Å². The van der Waals surface area contributed by atoms with E-state index in [4.69, 9.17) is 34.2 Å². The Labute approximate surface area is 373 Å². The van der Waals surface area contributed by atoms with Gasteiger partial charge in [0.15, 0.2) is 0 Å². The molecule has 3 aliphatic heterocycles. The SMILES string of the molecule is CO[C@H]1C/C(C)=C/[C@@H](CCCSCCN)C(=O)C[C@H](O)[C@@H](C)[C@@H](/C(C)=C/[C@@H]2CC[C@@H](O)[C@H](OC)C2)OC(=O)[C@@H]2CCCCN2C(=O)C(=O)[C@]2(O)O[C@H]([C@@H](OC)C1)[C@@H](OC)C[C@H]2C. The second kappa shape index (κ2) is 24.9. The lowest BCUT2D eigenvalue weighted by molar-refractivity contribution is -0.303. The fourth-order valence-electron chi connectivity index (χ4n) is 9.73. The average Bonchev–Trinajstić information content (AvgIpc) is 3.26. The van der Waals surface area contributed by atoms with Gasteiger partial charge in [-0.3, -0.25) is 14.4 Å². The first-order valence-corrected chi connectivity index (χ1v) is 23.8. The Balaban J connectivity index is 1.79. The van der Waals surface area contributed by atoms with Gasteiger partial charge in [-0.15, -0.1) is 0 Å². The second-order valence-corrected chi connectivity index (χ2v) is 19.3. The van der Waals surface area contributed by atoms with Crippen LogP contribution >= 0.6 is 11.8 Å². The van der Waals surface area contributed by atoms with Crippen molar-refractivity contribution in [2.75, 3.05) is 53.0 Å². The molecule has 2 saturated heterocycles. The molecular formula is C46H76N2O13S. The highest BCUT2D eigenvalue weighted by Crippen LogP contribution is 2.39. The number of carbonyl (C=O) groups is 4. The van der Waals surface area contributed by atoms with Gasteiger partial charge in [-0.2, -0.15) is 11.8 Å². The quantitative estimate of drug-likeness (QED) is 0.0947. The largest absolute Gasteiger partial charge is 0.456 e. The van der Waals surface area contributed by atoms with Crippen molar-refractivity contribution in [2.45, 2.75) is 165 Å². The molecule has 3 heterocycles. The number of nitrogens with zero attached hydrogens (tertiary/aromatic N) is 1. The number of thioether (sulfide) groups is 1. The van der Waals surface area contributed by atoms with Gasteiger partial charge in [0.2, 0.25) is 5.79 Å². The van der Waals surface area contributed by atoms with Crippen molar-refractivity contribution in [3.63, 3.8) is 0 Å². The van der Waals surface area contributed by atoms with E-state index < -0.39 is 90.0 Å². The lowest BCUT2D eigenvalue weighted by Crippen LogP contribution is -2.64. The summed E-state index contributed by atoms with van der Waals surface area (Å²) in [5.74, 6) is -6.23. The Morgan fingerprint density at radius 2 is 1.61 bits per heavy atom. The molecule has 16 heteroatoms. The number of methoxy groups -OCH3 is 4. The third-order valence-electron chi connectivity index (χ3n) is 13.6. The van der Waals surface area contributed by atoms with Gasteiger partial charge in [0.1, 0.15) is 24.0 Å². The highest BCUT2D eigenvalue weighted by molar-refractivity contribution is 7.99. The zero-order valence-electron chi connectivity index (χ0n) is 38.3. The van der Waals surface area contributed by atoms with Gasteiger partial charge in [-0.1, -0.05) is 31.6 Å². The highest BCUT2D eigenvalue weighted by atomic mass is 32.2. The number of hydrogen-bond donors (Lipinski definition) is 4. The van der Waals surface area contributed by atoms with Gasteiger partial charge in [0, 0.05) is 77.9 Å². The Morgan fingerprint density at radius 3 is 2.27 bits per heavy atom. The van der Waals surface area contributed by atoms with E-state index in [0.29, 0.717) is 57.1 Å². The van der Waals surface area contributed by atoms with Crippen LogP contribution in [0.25, 0.3) is 0 Å². The molecule has 0 radical (unpaired) electrons. The number of allylic oxidation sites excluding steroid dienone is 2. The lowest BCUT2D eigenvalue weighted by Gasteiger charge is -2.47. The molecule has 354 valence electrons. The molecule has 62 heavy (non-hydrogen) atoms. The van der Waals surface area contributed by atoms with Crippen LogP contribution in [0.5, 0.6) is 0 Å². The predicted octanol–water partition coefficient (Wildman–Crippen LogP) is 3.91. The van der Waals surface area contributed by atoms with E-state index in [0.717, 1.165) is 23.5 Å². The third-order valence-corrected chi connectivity index (χ3v) is 14.7. The summed E-state index contributed by atoms with van der Waals surface area (Å²) >= 11 is 1.73. The van der Waals surface area contributed by atoms with Crippen molar-refractivity contribution < 1.29 is 62.9 Å². The molecule has 14 atom stereocenters. The molecule has 0 unspecified atom stereocenters. The number of Topliss-reactive ketones (excluding diaryl/α,β-unsaturated/α-hetero) is 2. The topological polar surface area (TPSA) is 214 Å². The number of ketones is 2. The summed E-state index contributed by atoms with van der Waals surface area (Å²) in [6, 6.07) is -1.16. The molecule has 4 rings (SSSR count). The summed E-state index contributed by atoms with van der Waals surface area (Å²) in [7, 11) is 6.15. The van der Waals surface area contributed by atoms with Crippen molar-refractivity contribution in [1.82, 2.24) is 4.90 Å². The maximum absolute atomic E-state index is 14.4. The number of ether oxygens (including phenoxy) is 6.